The molecule has 0 aromatic heterocycles. The number of carbonyl (C=O) groups excluding carboxylic acids is 1. The van der Waals surface area contributed by atoms with Gasteiger partial charge in [-0.1, -0.05) is 24.3 Å². The summed E-state index contributed by atoms with van der Waals surface area (Å²) in [5.41, 5.74) is 3.01. The summed E-state index contributed by atoms with van der Waals surface area (Å²) in [5.74, 6) is 0.503. The highest BCUT2D eigenvalue weighted by molar-refractivity contribution is 5.87. The summed E-state index contributed by atoms with van der Waals surface area (Å²) < 4.78 is 0. The fourth-order valence-corrected chi connectivity index (χ4v) is 3.97. The van der Waals surface area contributed by atoms with Crippen molar-refractivity contribution in [1.29, 1.82) is 0 Å². The molecule has 3 aliphatic rings. The lowest BCUT2D eigenvalue weighted by atomic mass is 9.77. The van der Waals surface area contributed by atoms with Crippen LogP contribution in [0.3, 0.4) is 0 Å². The molecule has 2 atom stereocenters. The van der Waals surface area contributed by atoms with Gasteiger partial charge in [0.25, 0.3) is 0 Å². The number of fused-ring (bicyclic) bond motifs is 1. The van der Waals surface area contributed by atoms with Crippen LogP contribution in [0.25, 0.3) is 0 Å². The van der Waals surface area contributed by atoms with Crippen LogP contribution in [0.4, 0.5) is 0 Å². The molecule has 108 valence electrons. The Morgan fingerprint density at radius 3 is 2.90 bits per heavy atom. The first-order valence-electron chi connectivity index (χ1n) is 7.35. The molecule has 0 bridgehead atoms. The van der Waals surface area contributed by atoms with E-state index in [0.29, 0.717) is 11.3 Å². The van der Waals surface area contributed by atoms with Crippen LogP contribution in [0.15, 0.2) is 24.3 Å². The Labute approximate surface area is 126 Å². The molecule has 2 fully saturated rings. The molecule has 2 unspecified atom stereocenters. The second-order valence-corrected chi connectivity index (χ2v) is 6.39. The molecule has 0 radical (unpaired) electrons. The third-order valence-corrected chi connectivity index (χ3v) is 5.23. The van der Waals surface area contributed by atoms with Crippen molar-refractivity contribution < 1.29 is 4.79 Å². The topological polar surface area (TPSA) is 32.3 Å². The smallest absolute Gasteiger partial charge is 0.230 e. The summed E-state index contributed by atoms with van der Waals surface area (Å²) >= 11 is 0. The number of benzene rings is 1. The Balaban J connectivity index is 0.00000121. The van der Waals surface area contributed by atoms with Crippen molar-refractivity contribution in [3.63, 3.8) is 0 Å². The fraction of sp³-hybridized carbons (Fsp3) is 0.562. The number of halogens is 1. The zero-order chi connectivity index (χ0) is 12.9. The van der Waals surface area contributed by atoms with Gasteiger partial charge in [0, 0.05) is 25.0 Å². The third kappa shape index (κ3) is 2.04. The molecule has 4 rings (SSSR count). The first-order valence-corrected chi connectivity index (χ1v) is 7.35. The fourth-order valence-electron chi connectivity index (χ4n) is 3.97. The van der Waals surface area contributed by atoms with E-state index in [0.717, 1.165) is 32.6 Å². The van der Waals surface area contributed by atoms with Crippen molar-refractivity contribution in [2.75, 3.05) is 26.2 Å². The van der Waals surface area contributed by atoms with Gasteiger partial charge in [0.1, 0.15) is 0 Å². The van der Waals surface area contributed by atoms with Crippen molar-refractivity contribution >= 4 is 18.3 Å². The van der Waals surface area contributed by atoms with Gasteiger partial charge >= 0.3 is 0 Å². The molecule has 2 aliphatic heterocycles. The van der Waals surface area contributed by atoms with Crippen molar-refractivity contribution in [3.8, 4) is 0 Å². The van der Waals surface area contributed by atoms with Crippen molar-refractivity contribution in [3.05, 3.63) is 35.4 Å². The molecule has 4 heteroatoms. The number of hydrogen-bond donors (Lipinski definition) is 1. The minimum atomic E-state index is 0. The van der Waals surface area contributed by atoms with E-state index in [1.54, 1.807) is 0 Å². The summed E-state index contributed by atoms with van der Waals surface area (Å²) in [7, 11) is 0. The predicted octanol–water partition coefficient (Wildman–Crippen LogP) is 1.96. The molecule has 1 spiro atoms. The van der Waals surface area contributed by atoms with Crippen LogP contribution in [-0.4, -0.2) is 37.0 Å². The van der Waals surface area contributed by atoms with E-state index in [-0.39, 0.29) is 18.3 Å². The van der Waals surface area contributed by atoms with Crippen LogP contribution in [0.5, 0.6) is 0 Å². The SMILES string of the molecule is Cl.O=C(C1Cc2ccccc21)N1CCC2(CCNC2)C1. The van der Waals surface area contributed by atoms with Gasteiger partial charge < -0.3 is 10.2 Å². The first-order chi connectivity index (χ1) is 9.27. The lowest BCUT2D eigenvalue weighted by molar-refractivity contribution is -0.132. The van der Waals surface area contributed by atoms with E-state index in [9.17, 15) is 4.79 Å². The Morgan fingerprint density at radius 1 is 1.30 bits per heavy atom. The molecule has 3 nitrogen and oxygen atoms in total. The van der Waals surface area contributed by atoms with E-state index in [1.165, 1.54) is 24.0 Å². The summed E-state index contributed by atoms with van der Waals surface area (Å²) in [6, 6.07) is 8.37. The zero-order valence-corrected chi connectivity index (χ0v) is 12.4. The van der Waals surface area contributed by atoms with E-state index in [2.05, 4.69) is 28.4 Å². The Hall–Kier alpha value is -1.06. The average Bonchev–Trinajstić information content (AvgIpc) is 3.02. The second kappa shape index (κ2) is 5.05. The van der Waals surface area contributed by atoms with Crippen molar-refractivity contribution in [2.24, 2.45) is 5.41 Å². The minimum Gasteiger partial charge on any atom is -0.342 e. The molecule has 1 aromatic carbocycles. The highest BCUT2D eigenvalue weighted by atomic mass is 35.5. The molecular weight excluding hydrogens is 272 g/mol. The van der Waals surface area contributed by atoms with E-state index < -0.39 is 0 Å². The van der Waals surface area contributed by atoms with Crippen LogP contribution in [-0.2, 0) is 11.2 Å². The van der Waals surface area contributed by atoms with Gasteiger partial charge in [0.05, 0.1) is 5.92 Å². The maximum atomic E-state index is 12.6. The molecular formula is C16H21ClN2O. The Bertz CT molecular complexity index is 525. The largest absolute Gasteiger partial charge is 0.342 e. The van der Waals surface area contributed by atoms with Crippen molar-refractivity contribution in [1.82, 2.24) is 10.2 Å². The third-order valence-electron chi connectivity index (χ3n) is 5.23. The number of hydrogen-bond acceptors (Lipinski definition) is 2. The van der Waals surface area contributed by atoms with E-state index >= 15 is 0 Å². The zero-order valence-electron chi connectivity index (χ0n) is 11.6. The summed E-state index contributed by atoms with van der Waals surface area (Å²) in [6.45, 7) is 4.14. The molecule has 2 heterocycles. The Kier molecular flexibility index (Phi) is 3.51. The molecule has 1 aromatic rings. The monoisotopic (exact) mass is 292 g/mol. The van der Waals surface area contributed by atoms with E-state index in [1.807, 2.05) is 6.07 Å². The van der Waals surface area contributed by atoms with Crippen LogP contribution in [0.2, 0.25) is 0 Å². The van der Waals surface area contributed by atoms with Gasteiger partial charge in [-0.25, -0.2) is 0 Å². The van der Waals surface area contributed by atoms with Crippen LogP contribution in [0, 0.1) is 5.41 Å². The molecule has 2 saturated heterocycles. The number of amides is 1. The number of rotatable bonds is 1. The highest BCUT2D eigenvalue weighted by Crippen LogP contribution is 2.40. The van der Waals surface area contributed by atoms with Crippen molar-refractivity contribution in [2.45, 2.75) is 25.2 Å². The summed E-state index contributed by atoms with van der Waals surface area (Å²) in [6.07, 6.45) is 3.36. The highest BCUT2D eigenvalue weighted by Gasteiger charge is 2.44. The second-order valence-electron chi connectivity index (χ2n) is 6.39. The van der Waals surface area contributed by atoms with Crippen LogP contribution >= 0.6 is 12.4 Å². The number of carbonyl (C=O) groups is 1. The predicted molar refractivity (Wildman–Crippen MR) is 81.3 cm³/mol. The lowest BCUT2D eigenvalue weighted by Gasteiger charge is -2.33. The number of nitrogens with zero attached hydrogens (tertiary/aromatic N) is 1. The Morgan fingerprint density at radius 2 is 2.15 bits per heavy atom. The molecule has 20 heavy (non-hydrogen) atoms. The normalized spacial score (nSPS) is 30.8. The van der Waals surface area contributed by atoms with Gasteiger partial charge in [0.15, 0.2) is 0 Å². The van der Waals surface area contributed by atoms with Crippen LogP contribution in [0.1, 0.15) is 29.9 Å². The standard InChI is InChI=1S/C16H20N2O.ClH/c19-15(14-9-12-3-1-2-4-13(12)14)18-8-6-16(11-18)5-7-17-10-16;/h1-4,14,17H,5-11H2;1H. The van der Waals surface area contributed by atoms with Crippen LogP contribution < -0.4 is 5.32 Å². The lowest BCUT2D eigenvalue weighted by Crippen LogP contribution is -2.39. The average molecular weight is 293 g/mol. The van der Waals surface area contributed by atoms with Gasteiger partial charge in [-0.15, -0.1) is 12.4 Å². The van der Waals surface area contributed by atoms with Gasteiger partial charge in [-0.2, -0.15) is 0 Å². The van der Waals surface area contributed by atoms with Gasteiger partial charge in [-0.05, 0) is 36.9 Å². The maximum Gasteiger partial charge on any atom is 0.230 e. The molecule has 1 amide bonds. The van der Waals surface area contributed by atoms with Gasteiger partial charge in [0.2, 0.25) is 5.91 Å². The molecule has 1 aliphatic carbocycles. The number of likely N-dealkylation sites (tertiary alicyclic amines) is 1. The minimum absolute atomic E-state index is 0. The quantitative estimate of drug-likeness (QED) is 0.858. The molecule has 1 N–H and O–H groups in total. The van der Waals surface area contributed by atoms with E-state index in [4.69, 9.17) is 0 Å². The first kappa shape index (κ1) is 13.9. The maximum absolute atomic E-state index is 12.6. The number of nitrogens with one attached hydrogen (secondary N) is 1. The summed E-state index contributed by atoms with van der Waals surface area (Å²) in [5, 5.41) is 3.45. The molecule has 0 saturated carbocycles. The van der Waals surface area contributed by atoms with Gasteiger partial charge in [-0.3, -0.25) is 4.79 Å². The summed E-state index contributed by atoms with van der Waals surface area (Å²) in [4.78, 5) is 14.8.